The first-order valence-electron chi connectivity index (χ1n) is 8.97. The van der Waals surface area contributed by atoms with Gasteiger partial charge in [-0.15, -0.1) is 0 Å². The Morgan fingerprint density at radius 1 is 0.964 bits per heavy atom. The summed E-state index contributed by atoms with van der Waals surface area (Å²) in [7, 11) is 0. The number of Topliss-reactive ketones (excluding diaryl/α,β-unsaturated/α-hetero) is 2. The molecule has 138 valence electrons. The van der Waals surface area contributed by atoms with E-state index in [-0.39, 0.29) is 0 Å². The molecule has 0 unspecified atom stereocenters. The fourth-order valence-electron chi connectivity index (χ4n) is 3.46. The Kier molecular flexibility index (Phi) is 4.12. The van der Waals surface area contributed by atoms with E-state index < -0.39 is 11.6 Å². The van der Waals surface area contributed by atoms with Gasteiger partial charge in [-0.1, -0.05) is 0 Å². The number of nitrogens with one attached hydrogen (secondary N) is 1. The Hall–Kier alpha value is -3.65. The highest BCUT2D eigenvalue weighted by atomic mass is 16.3. The minimum Gasteiger partial charge on any atom is -0.458 e. The van der Waals surface area contributed by atoms with Crippen molar-refractivity contribution < 1.29 is 14.0 Å². The lowest BCUT2D eigenvalue weighted by Crippen LogP contribution is -2.21. The van der Waals surface area contributed by atoms with Gasteiger partial charge in [-0.25, -0.2) is 0 Å². The summed E-state index contributed by atoms with van der Waals surface area (Å²) in [5.74, 6) is 0.0798. The minimum atomic E-state index is -0.517. The lowest BCUT2D eigenvalue weighted by Gasteiger charge is -2.15. The van der Waals surface area contributed by atoms with Crippen molar-refractivity contribution in [3.8, 4) is 17.4 Å². The van der Waals surface area contributed by atoms with Crippen LogP contribution >= 0.6 is 0 Å². The number of carbonyl (C=O) groups excluding carboxylic acids is 2. The normalized spacial score (nSPS) is 12.4. The van der Waals surface area contributed by atoms with Gasteiger partial charge in [-0.05, 0) is 68.3 Å². The maximum absolute atomic E-state index is 12.7. The summed E-state index contributed by atoms with van der Waals surface area (Å²) < 4.78 is 6.06. The van der Waals surface area contributed by atoms with Gasteiger partial charge >= 0.3 is 0 Å². The van der Waals surface area contributed by atoms with Gasteiger partial charge in [-0.2, -0.15) is 5.26 Å². The summed E-state index contributed by atoms with van der Waals surface area (Å²) in [5.41, 5.74) is 5.54. The van der Waals surface area contributed by atoms with Crippen LogP contribution in [0.15, 0.2) is 40.8 Å². The minimum absolute atomic E-state index is 0.359. The molecular weight excluding hydrogens is 352 g/mol. The third-order valence-corrected chi connectivity index (χ3v) is 5.27. The van der Waals surface area contributed by atoms with E-state index >= 15 is 0 Å². The summed E-state index contributed by atoms with van der Waals surface area (Å²) in [6.45, 7) is 6.06. The molecule has 0 bridgehead atoms. The number of nitrogens with zero attached hydrogens (tertiary/aromatic N) is 1. The maximum atomic E-state index is 12.7. The number of anilines is 1. The zero-order chi connectivity index (χ0) is 20.0. The molecule has 2 aromatic carbocycles. The Bertz CT molecular complexity index is 1180. The lowest BCUT2D eigenvalue weighted by molar-refractivity contribution is 0.0814. The molecule has 3 aromatic rings. The van der Waals surface area contributed by atoms with E-state index in [1.807, 2.05) is 32.0 Å². The molecule has 4 rings (SSSR count). The second kappa shape index (κ2) is 6.50. The lowest BCUT2D eigenvalue weighted by atomic mass is 9.85. The van der Waals surface area contributed by atoms with Crippen molar-refractivity contribution in [2.24, 2.45) is 0 Å². The van der Waals surface area contributed by atoms with Crippen LogP contribution in [0.1, 0.15) is 48.7 Å². The number of hydrogen-bond acceptors (Lipinski definition) is 5. The first-order valence-corrected chi connectivity index (χ1v) is 8.97. The van der Waals surface area contributed by atoms with Crippen LogP contribution in [0.25, 0.3) is 11.3 Å². The molecule has 1 heterocycles. The van der Waals surface area contributed by atoms with Crippen molar-refractivity contribution in [3.63, 3.8) is 0 Å². The Morgan fingerprint density at radius 2 is 1.61 bits per heavy atom. The zero-order valence-electron chi connectivity index (χ0n) is 15.8. The van der Waals surface area contributed by atoms with Gasteiger partial charge < -0.3 is 9.73 Å². The fourth-order valence-corrected chi connectivity index (χ4v) is 3.46. The average Bonchev–Trinajstić information content (AvgIpc) is 3.03. The highest BCUT2D eigenvalue weighted by Crippen LogP contribution is 2.39. The van der Waals surface area contributed by atoms with E-state index in [0.29, 0.717) is 45.9 Å². The number of aryl methyl sites for hydroxylation is 2. The molecule has 1 aromatic heterocycles. The van der Waals surface area contributed by atoms with Crippen LogP contribution in [0.5, 0.6) is 0 Å². The Morgan fingerprint density at radius 3 is 2.25 bits per heavy atom. The summed E-state index contributed by atoms with van der Waals surface area (Å²) in [6, 6.07) is 12.8. The number of hydrogen-bond donors (Lipinski definition) is 1. The fraction of sp³-hybridized carbons (Fsp3) is 0.174. The van der Waals surface area contributed by atoms with E-state index in [1.54, 1.807) is 25.1 Å². The molecule has 0 aliphatic heterocycles. The topological polar surface area (TPSA) is 83.1 Å². The van der Waals surface area contributed by atoms with Crippen molar-refractivity contribution in [1.29, 1.82) is 5.26 Å². The summed E-state index contributed by atoms with van der Waals surface area (Å²) >= 11 is 0. The van der Waals surface area contributed by atoms with Crippen LogP contribution in [-0.2, 0) is 6.54 Å². The van der Waals surface area contributed by atoms with Gasteiger partial charge in [0.1, 0.15) is 11.5 Å². The Labute approximate surface area is 162 Å². The van der Waals surface area contributed by atoms with E-state index in [2.05, 4.69) is 11.4 Å². The van der Waals surface area contributed by atoms with Crippen LogP contribution in [-0.4, -0.2) is 11.6 Å². The van der Waals surface area contributed by atoms with Crippen LogP contribution in [0, 0.1) is 32.1 Å². The first-order chi connectivity index (χ1) is 13.4. The molecule has 0 saturated heterocycles. The van der Waals surface area contributed by atoms with Crippen molar-refractivity contribution in [1.82, 2.24) is 0 Å². The SMILES string of the molecule is Cc1cc2c(cc1C)-c1oc(CNc3ccc(C#N)cc3)c(C)c1C(=O)C2=O. The summed E-state index contributed by atoms with van der Waals surface area (Å²) in [5, 5.41) is 12.1. The number of carbonyl (C=O) groups is 2. The third kappa shape index (κ3) is 2.71. The van der Waals surface area contributed by atoms with Gasteiger partial charge in [0.25, 0.3) is 0 Å². The molecule has 1 aliphatic rings. The van der Waals surface area contributed by atoms with Gasteiger partial charge in [0.2, 0.25) is 11.6 Å². The molecule has 0 saturated carbocycles. The van der Waals surface area contributed by atoms with Crippen LogP contribution in [0.4, 0.5) is 5.69 Å². The van der Waals surface area contributed by atoms with E-state index in [9.17, 15) is 9.59 Å². The quantitative estimate of drug-likeness (QED) is 0.674. The standard InChI is InChI=1S/C23H18N2O3/c1-12-8-17-18(9-13(12)2)23-20(22(27)21(17)26)14(3)19(28-23)11-25-16-6-4-15(10-24)5-7-16/h4-9,25H,11H2,1-3H3. The number of nitriles is 1. The number of ketones is 2. The molecule has 0 spiro atoms. The smallest absolute Gasteiger partial charge is 0.237 e. The monoisotopic (exact) mass is 370 g/mol. The third-order valence-electron chi connectivity index (χ3n) is 5.27. The average molecular weight is 370 g/mol. The van der Waals surface area contributed by atoms with Gasteiger partial charge in [0, 0.05) is 22.4 Å². The highest BCUT2D eigenvalue weighted by molar-refractivity contribution is 6.53. The van der Waals surface area contributed by atoms with Crippen molar-refractivity contribution in [3.05, 3.63) is 75.5 Å². The number of fused-ring (bicyclic) bond motifs is 3. The first kappa shape index (κ1) is 17.7. The van der Waals surface area contributed by atoms with Gasteiger partial charge in [-0.3, -0.25) is 9.59 Å². The highest BCUT2D eigenvalue weighted by Gasteiger charge is 2.36. The summed E-state index contributed by atoms with van der Waals surface area (Å²) in [6.07, 6.45) is 0. The predicted octanol–water partition coefficient (Wildman–Crippen LogP) is 4.73. The molecule has 5 nitrogen and oxygen atoms in total. The number of benzene rings is 2. The molecule has 0 radical (unpaired) electrons. The van der Waals surface area contributed by atoms with Gasteiger partial charge in [0.05, 0.1) is 23.7 Å². The maximum Gasteiger partial charge on any atom is 0.237 e. The van der Waals surface area contributed by atoms with Crippen LogP contribution < -0.4 is 5.32 Å². The molecule has 0 atom stereocenters. The van der Waals surface area contributed by atoms with E-state index in [4.69, 9.17) is 9.68 Å². The van der Waals surface area contributed by atoms with Crippen molar-refractivity contribution in [2.45, 2.75) is 27.3 Å². The molecular formula is C23H18N2O3. The molecule has 5 heteroatoms. The number of rotatable bonds is 3. The molecule has 0 fully saturated rings. The van der Waals surface area contributed by atoms with Crippen LogP contribution in [0.2, 0.25) is 0 Å². The predicted molar refractivity (Wildman–Crippen MR) is 105 cm³/mol. The van der Waals surface area contributed by atoms with Crippen molar-refractivity contribution >= 4 is 17.3 Å². The second-order valence-electron chi connectivity index (χ2n) is 7.04. The van der Waals surface area contributed by atoms with E-state index in [0.717, 1.165) is 16.8 Å². The Balaban J connectivity index is 1.72. The molecule has 1 N–H and O–H groups in total. The molecule has 1 aliphatic carbocycles. The summed E-state index contributed by atoms with van der Waals surface area (Å²) in [4.78, 5) is 25.3. The molecule has 0 amide bonds. The largest absolute Gasteiger partial charge is 0.458 e. The van der Waals surface area contributed by atoms with Crippen molar-refractivity contribution in [2.75, 3.05) is 5.32 Å². The zero-order valence-corrected chi connectivity index (χ0v) is 15.8. The second-order valence-corrected chi connectivity index (χ2v) is 7.04. The number of furan rings is 1. The van der Waals surface area contributed by atoms with Gasteiger partial charge in [0.15, 0.2) is 0 Å². The van der Waals surface area contributed by atoms with Crippen LogP contribution in [0.3, 0.4) is 0 Å². The van der Waals surface area contributed by atoms with E-state index in [1.165, 1.54) is 0 Å². The molecule has 28 heavy (non-hydrogen) atoms.